The normalized spacial score (nSPS) is 15.5. The Morgan fingerprint density at radius 2 is 1.92 bits per heavy atom. The van der Waals surface area contributed by atoms with Gasteiger partial charge in [-0.25, -0.2) is 0 Å². The van der Waals surface area contributed by atoms with E-state index in [9.17, 15) is 9.59 Å². The quantitative estimate of drug-likeness (QED) is 0.581. The summed E-state index contributed by atoms with van der Waals surface area (Å²) in [6.07, 6.45) is 1.68. The van der Waals surface area contributed by atoms with E-state index in [1.165, 1.54) is 0 Å². The zero-order chi connectivity index (χ0) is 18.0. The molecule has 0 aliphatic carbocycles. The summed E-state index contributed by atoms with van der Waals surface area (Å²) in [7, 11) is 1.56. The molecule has 0 spiro atoms. The highest BCUT2D eigenvalue weighted by molar-refractivity contribution is 9.10. The minimum Gasteiger partial charge on any atom is -0.496 e. The van der Waals surface area contributed by atoms with Gasteiger partial charge in [0.1, 0.15) is 5.75 Å². The van der Waals surface area contributed by atoms with Crippen LogP contribution in [0, 0.1) is 0 Å². The number of halogens is 1. The summed E-state index contributed by atoms with van der Waals surface area (Å²) in [5.41, 5.74) is 1.98. The number of carbonyl (C=O) groups is 2. The van der Waals surface area contributed by atoms with Gasteiger partial charge in [-0.15, -0.1) is 0 Å². The Bertz CT molecular complexity index is 904. The van der Waals surface area contributed by atoms with Crippen LogP contribution in [0.4, 0.5) is 0 Å². The first-order valence-electron chi connectivity index (χ1n) is 7.56. The van der Waals surface area contributed by atoms with Crippen molar-refractivity contribution in [1.82, 2.24) is 5.01 Å². The van der Waals surface area contributed by atoms with Gasteiger partial charge in [-0.2, -0.15) is 10.1 Å². The summed E-state index contributed by atoms with van der Waals surface area (Å²) in [5, 5.41) is 5.04. The SMILES string of the molecule is COc1ccc(Br)cc1/C=C1/C(=O)N(C(=O)c2ccccc2)N=C1C. The molecular weight excluding hydrogens is 384 g/mol. The Hall–Kier alpha value is -2.73. The van der Waals surface area contributed by atoms with E-state index < -0.39 is 11.8 Å². The van der Waals surface area contributed by atoms with Crippen molar-refractivity contribution in [3.63, 3.8) is 0 Å². The Morgan fingerprint density at radius 3 is 2.60 bits per heavy atom. The molecule has 0 aromatic heterocycles. The van der Waals surface area contributed by atoms with Crippen molar-refractivity contribution in [2.24, 2.45) is 5.10 Å². The minimum absolute atomic E-state index is 0.362. The summed E-state index contributed by atoms with van der Waals surface area (Å²) >= 11 is 3.41. The molecule has 0 unspecified atom stereocenters. The van der Waals surface area contributed by atoms with Crippen LogP contribution >= 0.6 is 15.9 Å². The van der Waals surface area contributed by atoms with Gasteiger partial charge in [0.25, 0.3) is 11.8 Å². The molecule has 2 amide bonds. The molecule has 5 nitrogen and oxygen atoms in total. The van der Waals surface area contributed by atoms with Crippen molar-refractivity contribution in [3.8, 4) is 5.75 Å². The van der Waals surface area contributed by atoms with Gasteiger partial charge in [0.15, 0.2) is 0 Å². The van der Waals surface area contributed by atoms with E-state index in [0.29, 0.717) is 22.6 Å². The molecule has 1 aliphatic heterocycles. The van der Waals surface area contributed by atoms with Gasteiger partial charge in [0, 0.05) is 15.6 Å². The molecule has 1 aliphatic rings. The molecule has 2 aromatic carbocycles. The lowest BCUT2D eigenvalue weighted by Gasteiger charge is -2.10. The molecule has 6 heteroatoms. The first-order valence-corrected chi connectivity index (χ1v) is 8.35. The van der Waals surface area contributed by atoms with Gasteiger partial charge in [-0.3, -0.25) is 9.59 Å². The summed E-state index contributed by atoms with van der Waals surface area (Å²) in [6, 6.07) is 14.1. The standard InChI is InChI=1S/C19H15BrN2O3/c1-12-16(11-14-10-15(20)8-9-17(14)25-2)19(24)22(21-12)18(23)13-6-4-3-5-7-13/h3-11H,1-2H3/b16-11+. The van der Waals surface area contributed by atoms with Gasteiger partial charge in [0.2, 0.25) is 0 Å². The second-order valence-electron chi connectivity index (χ2n) is 5.42. The second-order valence-corrected chi connectivity index (χ2v) is 6.33. The molecule has 0 atom stereocenters. The fraction of sp³-hybridized carbons (Fsp3) is 0.105. The highest BCUT2D eigenvalue weighted by Gasteiger charge is 2.33. The predicted molar refractivity (Wildman–Crippen MR) is 99.4 cm³/mol. The van der Waals surface area contributed by atoms with E-state index in [0.717, 1.165) is 15.0 Å². The van der Waals surface area contributed by atoms with Crippen molar-refractivity contribution < 1.29 is 14.3 Å². The van der Waals surface area contributed by atoms with Crippen molar-refractivity contribution in [2.75, 3.05) is 7.11 Å². The molecule has 0 bridgehead atoms. The average molecular weight is 399 g/mol. The minimum atomic E-state index is -0.451. The second kappa shape index (κ2) is 7.03. The van der Waals surface area contributed by atoms with Crippen LogP contribution in [0.2, 0.25) is 0 Å². The maximum atomic E-state index is 12.7. The van der Waals surface area contributed by atoms with Crippen LogP contribution in [0.25, 0.3) is 6.08 Å². The summed E-state index contributed by atoms with van der Waals surface area (Å²) < 4.78 is 6.19. The summed E-state index contributed by atoms with van der Waals surface area (Å²) in [6.45, 7) is 1.70. The Balaban J connectivity index is 1.96. The summed E-state index contributed by atoms with van der Waals surface area (Å²) in [4.78, 5) is 25.2. The number of methoxy groups -OCH3 is 1. The molecule has 126 valence electrons. The lowest BCUT2D eigenvalue weighted by Crippen LogP contribution is -2.29. The molecule has 2 aromatic rings. The third kappa shape index (κ3) is 3.39. The number of nitrogens with zero attached hydrogens (tertiary/aromatic N) is 2. The number of imide groups is 1. The third-order valence-corrected chi connectivity index (χ3v) is 4.26. The van der Waals surface area contributed by atoms with E-state index in [-0.39, 0.29) is 0 Å². The molecule has 0 fully saturated rings. The van der Waals surface area contributed by atoms with Crippen molar-refractivity contribution in [2.45, 2.75) is 6.92 Å². The van der Waals surface area contributed by atoms with Crippen LogP contribution in [0.5, 0.6) is 5.75 Å². The lowest BCUT2D eigenvalue weighted by molar-refractivity contribution is -0.123. The first kappa shape index (κ1) is 17.1. The number of carbonyl (C=O) groups excluding carboxylic acids is 2. The average Bonchev–Trinajstić information content (AvgIpc) is 2.90. The lowest BCUT2D eigenvalue weighted by atomic mass is 10.1. The monoisotopic (exact) mass is 398 g/mol. The van der Waals surface area contributed by atoms with E-state index in [1.54, 1.807) is 50.4 Å². The number of ether oxygens (including phenoxy) is 1. The van der Waals surface area contributed by atoms with Crippen molar-refractivity contribution in [1.29, 1.82) is 0 Å². The number of amides is 2. The molecule has 0 saturated carbocycles. The Morgan fingerprint density at radius 1 is 1.20 bits per heavy atom. The molecule has 1 heterocycles. The Labute approximate surface area is 153 Å². The molecule has 0 N–H and O–H groups in total. The number of hydrazone groups is 1. The van der Waals surface area contributed by atoms with Crippen LogP contribution < -0.4 is 4.74 Å². The number of hydrogen-bond acceptors (Lipinski definition) is 4. The van der Waals surface area contributed by atoms with Crippen LogP contribution in [0.1, 0.15) is 22.8 Å². The van der Waals surface area contributed by atoms with Gasteiger partial charge < -0.3 is 4.74 Å². The topological polar surface area (TPSA) is 59.0 Å². The number of hydrogen-bond donors (Lipinski definition) is 0. The highest BCUT2D eigenvalue weighted by atomic mass is 79.9. The van der Waals surface area contributed by atoms with Crippen LogP contribution in [0.3, 0.4) is 0 Å². The highest BCUT2D eigenvalue weighted by Crippen LogP contribution is 2.28. The van der Waals surface area contributed by atoms with Crippen LogP contribution in [0.15, 0.2) is 63.7 Å². The van der Waals surface area contributed by atoms with Gasteiger partial charge >= 0.3 is 0 Å². The van der Waals surface area contributed by atoms with Gasteiger partial charge in [-0.1, -0.05) is 34.1 Å². The van der Waals surface area contributed by atoms with E-state index >= 15 is 0 Å². The zero-order valence-corrected chi connectivity index (χ0v) is 15.3. The van der Waals surface area contributed by atoms with Gasteiger partial charge in [-0.05, 0) is 43.3 Å². The fourth-order valence-electron chi connectivity index (χ4n) is 2.50. The largest absolute Gasteiger partial charge is 0.496 e. The molecular formula is C19H15BrN2O3. The van der Waals surface area contributed by atoms with Gasteiger partial charge in [0.05, 0.1) is 18.4 Å². The fourth-order valence-corrected chi connectivity index (χ4v) is 2.88. The van der Waals surface area contributed by atoms with E-state index in [4.69, 9.17) is 4.74 Å². The number of rotatable bonds is 3. The van der Waals surface area contributed by atoms with E-state index in [1.807, 2.05) is 18.2 Å². The molecule has 0 radical (unpaired) electrons. The summed E-state index contributed by atoms with van der Waals surface area (Å²) in [5.74, 6) is -0.271. The third-order valence-electron chi connectivity index (χ3n) is 3.77. The predicted octanol–water partition coefficient (Wildman–Crippen LogP) is 3.90. The first-order chi connectivity index (χ1) is 12.0. The smallest absolute Gasteiger partial charge is 0.283 e. The van der Waals surface area contributed by atoms with Crippen molar-refractivity contribution >= 4 is 39.5 Å². The maximum absolute atomic E-state index is 12.7. The molecule has 0 saturated heterocycles. The zero-order valence-electron chi connectivity index (χ0n) is 13.7. The van der Waals surface area contributed by atoms with Crippen LogP contribution in [-0.4, -0.2) is 29.6 Å². The van der Waals surface area contributed by atoms with Crippen LogP contribution in [-0.2, 0) is 4.79 Å². The Kier molecular flexibility index (Phi) is 4.81. The maximum Gasteiger partial charge on any atom is 0.283 e. The molecule has 25 heavy (non-hydrogen) atoms. The van der Waals surface area contributed by atoms with Crippen molar-refractivity contribution in [3.05, 3.63) is 69.7 Å². The van der Waals surface area contributed by atoms with E-state index in [2.05, 4.69) is 21.0 Å². The molecule has 3 rings (SSSR count). The number of benzene rings is 2.